The zero-order valence-electron chi connectivity index (χ0n) is 12.8. The second-order valence-electron chi connectivity index (χ2n) is 5.10. The lowest BCUT2D eigenvalue weighted by atomic mass is 10.2. The van der Waals surface area contributed by atoms with Gasteiger partial charge >= 0.3 is 11.7 Å². The van der Waals surface area contributed by atoms with E-state index in [-0.39, 0.29) is 17.2 Å². The lowest BCUT2D eigenvalue weighted by Crippen LogP contribution is -2.33. The van der Waals surface area contributed by atoms with Crippen LogP contribution in [0.5, 0.6) is 0 Å². The number of esters is 1. The Morgan fingerprint density at radius 1 is 1.24 bits per heavy atom. The van der Waals surface area contributed by atoms with Crippen LogP contribution in [-0.4, -0.2) is 22.1 Å². The number of hydrogen-bond donors (Lipinski definition) is 1. The van der Waals surface area contributed by atoms with Crippen LogP contribution in [0.4, 0.5) is 0 Å². The summed E-state index contributed by atoms with van der Waals surface area (Å²) in [6.07, 6.45) is 2.33. The van der Waals surface area contributed by atoms with Gasteiger partial charge in [-0.1, -0.05) is 6.58 Å². The summed E-state index contributed by atoms with van der Waals surface area (Å²) in [6.45, 7) is 9.46. The number of unbranched alkanes of at least 4 members (excludes halogenated alkanes) is 2. The molecule has 0 saturated carbocycles. The number of rotatable bonds is 7. The van der Waals surface area contributed by atoms with Gasteiger partial charge in [-0.3, -0.25) is 14.3 Å². The van der Waals surface area contributed by atoms with Gasteiger partial charge in [0.15, 0.2) is 0 Å². The van der Waals surface area contributed by atoms with E-state index in [0.717, 1.165) is 19.3 Å². The van der Waals surface area contributed by atoms with Crippen LogP contribution < -0.4 is 11.2 Å². The van der Waals surface area contributed by atoms with Crippen LogP contribution in [0.1, 0.15) is 37.4 Å². The van der Waals surface area contributed by atoms with E-state index in [1.807, 2.05) is 0 Å². The van der Waals surface area contributed by atoms with E-state index in [1.165, 1.54) is 0 Å². The number of carbonyl (C=O) groups excluding carboxylic acids is 1. The Labute approximate surface area is 123 Å². The Hall–Kier alpha value is -2.11. The number of carbonyl (C=O) groups is 1. The summed E-state index contributed by atoms with van der Waals surface area (Å²) in [5, 5.41) is 0. The quantitative estimate of drug-likeness (QED) is 0.469. The van der Waals surface area contributed by atoms with Gasteiger partial charge in [0.05, 0.1) is 6.61 Å². The molecule has 0 aliphatic carbocycles. The highest BCUT2D eigenvalue weighted by molar-refractivity contribution is 5.86. The van der Waals surface area contributed by atoms with Crippen LogP contribution in [-0.2, 0) is 16.1 Å². The van der Waals surface area contributed by atoms with Crippen molar-refractivity contribution in [2.45, 2.75) is 46.6 Å². The highest BCUT2D eigenvalue weighted by Gasteiger charge is 2.07. The topological polar surface area (TPSA) is 81.2 Å². The molecule has 0 amide bonds. The first-order valence-electron chi connectivity index (χ1n) is 6.97. The molecule has 116 valence electrons. The van der Waals surface area contributed by atoms with Crippen molar-refractivity contribution in [3.05, 3.63) is 44.2 Å². The molecular weight excluding hydrogens is 272 g/mol. The SMILES string of the molecule is C=C(C)C(=O)OCCCCCn1c(C)c(C)c(=O)[nH]c1=O. The maximum absolute atomic E-state index is 11.7. The molecule has 21 heavy (non-hydrogen) atoms. The predicted octanol–water partition coefficient (Wildman–Crippen LogP) is 1.44. The predicted molar refractivity (Wildman–Crippen MR) is 80.4 cm³/mol. The third kappa shape index (κ3) is 4.73. The Balaban J connectivity index is 2.42. The van der Waals surface area contributed by atoms with Crippen molar-refractivity contribution >= 4 is 5.97 Å². The van der Waals surface area contributed by atoms with Crippen LogP contribution in [0.3, 0.4) is 0 Å². The molecule has 0 bridgehead atoms. The molecule has 0 aromatic carbocycles. The number of nitrogens with one attached hydrogen (secondary N) is 1. The number of hydrogen-bond acceptors (Lipinski definition) is 4. The van der Waals surface area contributed by atoms with Gasteiger partial charge in [0, 0.05) is 23.4 Å². The van der Waals surface area contributed by atoms with Crippen LogP contribution in [0.15, 0.2) is 21.7 Å². The first-order valence-corrected chi connectivity index (χ1v) is 6.97. The molecule has 0 fully saturated rings. The van der Waals surface area contributed by atoms with E-state index in [0.29, 0.717) is 30.0 Å². The summed E-state index contributed by atoms with van der Waals surface area (Å²) >= 11 is 0. The monoisotopic (exact) mass is 294 g/mol. The first-order chi connectivity index (χ1) is 9.84. The molecule has 1 rings (SSSR count). The van der Waals surface area contributed by atoms with Crippen LogP contribution in [0, 0.1) is 13.8 Å². The minimum absolute atomic E-state index is 0.333. The molecule has 0 aliphatic rings. The van der Waals surface area contributed by atoms with E-state index in [1.54, 1.807) is 25.3 Å². The molecule has 0 saturated heterocycles. The second kappa shape index (κ2) is 7.61. The van der Waals surface area contributed by atoms with Gasteiger partial charge in [-0.25, -0.2) is 9.59 Å². The molecule has 1 aromatic heterocycles. The highest BCUT2D eigenvalue weighted by atomic mass is 16.5. The first kappa shape index (κ1) is 16.9. The molecule has 6 nitrogen and oxygen atoms in total. The van der Waals surface area contributed by atoms with Gasteiger partial charge in [0.25, 0.3) is 5.56 Å². The summed E-state index contributed by atoms with van der Waals surface area (Å²) in [7, 11) is 0. The Morgan fingerprint density at radius 3 is 2.52 bits per heavy atom. The third-order valence-electron chi connectivity index (χ3n) is 3.36. The van der Waals surface area contributed by atoms with Crippen molar-refractivity contribution in [1.29, 1.82) is 0 Å². The standard InChI is InChI=1S/C15H22N2O4/c1-10(2)14(19)21-9-7-5-6-8-17-12(4)11(3)13(18)16-15(17)20/h1,5-9H2,2-4H3,(H,16,18,20). The maximum Gasteiger partial charge on any atom is 0.333 e. The van der Waals surface area contributed by atoms with Crippen LogP contribution in [0.2, 0.25) is 0 Å². The fraction of sp³-hybridized carbons (Fsp3) is 0.533. The van der Waals surface area contributed by atoms with Gasteiger partial charge < -0.3 is 4.74 Å². The number of nitrogens with zero attached hydrogens (tertiary/aromatic N) is 1. The molecule has 0 atom stereocenters. The average molecular weight is 294 g/mol. The molecule has 1 aromatic rings. The number of aromatic nitrogens is 2. The van der Waals surface area contributed by atoms with E-state index in [9.17, 15) is 14.4 Å². The summed E-state index contributed by atoms with van der Waals surface area (Å²) in [5.74, 6) is -0.377. The smallest absolute Gasteiger partial charge is 0.333 e. The maximum atomic E-state index is 11.7. The normalized spacial score (nSPS) is 10.4. The minimum Gasteiger partial charge on any atom is -0.462 e. The minimum atomic E-state index is -0.378. The van der Waals surface area contributed by atoms with Crippen molar-refractivity contribution < 1.29 is 9.53 Å². The number of H-pyrrole nitrogens is 1. The third-order valence-corrected chi connectivity index (χ3v) is 3.36. The summed E-state index contributed by atoms with van der Waals surface area (Å²) in [5.41, 5.74) is 0.931. The zero-order valence-corrected chi connectivity index (χ0v) is 12.8. The second-order valence-corrected chi connectivity index (χ2v) is 5.10. The van der Waals surface area contributed by atoms with Crippen molar-refractivity contribution in [3.8, 4) is 0 Å². The van der Waals surface area contributed by atoms with Crippen molar-refractivity contribution in [2.75, 3.05) is 6.61 Å². The van der Waals surface area contributed by atoms with Gasteiger partial charge in [-0.15, -0.1) is 0 Å². The van der Waals surface area contributed by atoms with Gasteiger partial charge in [0.1, 0.15) is 0 Å². The molecule has 0 spiro atoms. The Bertz CT molecular complexity index is 640. The van der Waals surface area contributed by atoms with Crippen molar-refractivity contribution in [1.82, 2.24) is 9.55 Å². The Kier molecular flexibility index (Phi) is 6.14. The summed E-state index contributed by atoms with van der Waals surface area (Å²) in [4.78, 5) is 36.6. The fourth-order valence-electron chi connectivity index (χ4n) is 1.88. The molecule has 6 heteroatoms. The van der Waals surface area contributed by atoms with E-state index in [4.69, 9.17) is 4.74 Å². The lowest BCUT2D eigenvalue weighted by Gasteiger charge is -2.11. The number of aromatic amines is 1. The van der Waals surface area contributed by atoms with Gasteiger partial charge in [0.2, 0.25) is 0 Å². The van der Waals surface area contributed by atoms with Crippen molar-refractivity contribution in [3.63, 3.8) is 0 Å². The van der Waals surface area contributed by atoms with E-state index >= 15 is 0 Å². The van der Waals surface area contributed by atoms with Gasteiger partial charge in [-0.05, 0) is 40.0 Å². The van der Waals surface area contributed by atoms with E-state index in [2.05, 4.69) is 11.6 Å². The molecule has 1 heterocycles. The molecule has 0 radical (unpaired) electrons. The zero-order chi connectivity index (χ0) is 16.0. The fourth-order valence-corrected chi connectivity index (χ4v) is 1.88. The number of ether oxygens (including phenoxy) is 1. The largest absolute Gasteiger partial charge is 0.462 e. The molecule has 1 N–H and O–H groups in total. The lowest BCUT2D eigenvalue weighted by molar-refractivity contribution is -0.139. The average Bonchev–Trinajstić information content (AvgIpc) is 2.42. The van der Waals surface area contributed by atoms with E-state index < -0.39 is 0 Å². The molecule has 0 aliphatic heterocycles. The van der Waals surface area contributed by atoms with Crippen LogP contribution >= 0.6 is 0 Å². The molecule has 0 unspecified atom stereocenters. The summed E-state index contributed by atoms with van der Waals surface area (Å²) in [6, 6.07) is 0. The van der Waals surface area contributed by atoms with Crippen LogP contribution in [0.25, 0.3) is 0 Å². The summed E-state index contributed by atoms with van der Waals surface area (Å²) < 4.78 is 6.55. The highest BCUT2D eigenvalue weighted by Crippen LogP contribution is 2.03. The van der Waals surface area contributed by atoms with Gasteiger partial charge in [-0.2, -0.15) is 0 Å². The molecular formula is C15H22N2O4. The van der Waals surface area contributed by atoms with Crippen molar-refractivity contribution in [2.24, 2.45) is 0 Å². The Morgan fingerprint density at radius 2 is 1.90 bits per heavy atom.